The summed E-state index contributed by atoms with van der Waals surface area (Å²) in [4.78, 5) is 10.2. The predicted molar refractivity (Wildman–Crippen MR) is 149 cm³/mol. The van der Waals surface area contributed by atoms with Gasteiger partial charge in [0.1, 0.15) is 17.9 Å². The first-order valence-corrected chi connectivity index (χ1v) is 11.7. The minimum Gasteiger partial charge on any atom is -0.406 e. The maximum atomic E-state index is 12.2. The van der Waals surface area contributed by atoms with Crippen molar-refractivity contribution in [1.29, 1.82) is 0 Å². The second kappa shape index (κ2) is 13.2. The number of hydrogen-bond donors (Lipinski definition) is 3. The van der Waals surface area contributed by atoms with E-state index in [1.54, 1.807) is 18.3 Å². The third-order valence-corrected chi connectivity index (χ3v) is 5.21. The molecule has 3 aromatic carbocycles. The number of aliphatic imine (C=N–C) groups is 2. The van der Waals surface area contributed by atoms with Crippen LogP contribution in [-0.4, -0.2) is 44.0 Å². The summed E-state index contributed by atoms with van der Waals surface area (Å²) in [7, 11) is 3.97. The minimum atomic E-state index is -4.75. The molecule has 0 aliphatic carbocycles. The number of hydrazone groups is 1. The molecule has 3 rings (SSSR count). The van der Waals surface area contributed by atoms with Crippen LogP contribution in [0.1, 0.15) is 16.7 Å². The normalized spacial score (nSPS) is 12.1. The van der Waals surface area contributed by atoms with Crippen LogP contribution in [0.25, 0.3) is 0 Å². The topological polar surface area (TPSA) is 99.6 Å². The molecule has 0 aliphatic rings. The van der Waals surface area contributed by atoms with Crippen LogP contribution in [0.15, 0.2) is 87.9 Å². The summed E-state index contributed by atoms with van der Waals surface area (Å²) >= 11 is 5.29. The Kier molecular flexibility index (Phi) is 9.77. The Morgan fingerprint density at radius 3 is 2.37 bits per heavy atom. The number of alkyl halides is 3. The second-order valence-electron chi connectivity index (χ2n) is 8.00. The molecule has 0 heterocycles. The Morgan fingerprint density at radius 2 is 1.71 bits per heavy atom. The van der Waals surface area contributed by atoms with E-state index in [4.69, 9.17) is 18.0 Å². The molecule has 0 bridgehead atoms. The van der Waals surface area contributed by atoms with Crippen LogP contribution in [0, 0.1) is 0 Å². The molecule has 0 radical (unpaired) electrons. The highest BCUT2D eigenvalue weighted by Crippen LogP contribution is 2.24. The zero-order chi connectivity index (χ0) is 27.5. The largest absolute Gasteiger partial charge is 0.573 e. The molecule has 0 saturated carbocycles. The van der Waals surface area contributed by atoms with E-state index in [1.165, 1.54) is 18.5 Å². The lowest BCUT2D eigenvalue weighted by atomic mass is 10.1. The Bertz CT molecular complexity index is 1310. The number of para-hydroxylation sites is 1. The van der Waals surface area contributed by atoms with Gasteiger partial charge in [0.05, 0.1) is 11.9 Å². The van der Waals surface area contributed by atoms with Gasteiger partial charge < -0.3 is 20.7 Å². The first-order chi connectivity index (χ1) is 18.1. The van der Waals surface area contributed by atoms with Crippen LogP contribution in [-0.2, 0) is 6.54 Å². The highest BCUT2D eigenvalue weighted by atomic mass is 32.1. The first-order valence-electron chi connectivity index (χ1n) is 11.2. The summed E-state index contributed by atoms with van der Waals surface area (Å²) in [5.74, 6) is -0.113. The van der Waals surface area contributed by atoms with Gasteiger partial charge in [-0.2, -0.15) is 5.10 Å². The number of hydrogen-bond acceptors (Lipinski definition) is 5. The lowest BCUT2D eigenvalue weighted by Gasteiger charge is -2.17. The number of benzene rings is 3. The molecule has 0 aromatic heterocycles. The van der Waals surface area contributed by atoms with Crippen molar-refractivity contribution in [3.8, 4) is 5.75 Å². The van der Waals surface area contributed by atoms with Gasteiger partial charge in [0.25, 0.3) is 0 Å². The van der Waals surface area contributed by atoms with Crippen LogP contribution in [0.3, 0.4) is 0 Å². The number of halogens is 3. The SMILES string of the molecule is CN(C)c1ccccc1CNC(=S)N/N=C\c1ccc(C(N)=NC=Nc2ccc(OC(F)(F)F)cc2)cc1. The van der Waals surface area contributed by atoms with Crippen molar-refractivity contribution in [2.45, 2.75) is 12.9 Å². The van der Waals surface area contributed by atoms with Crippen molar-refractivity contribution in [1.82, 2.24) is 10.7 Å². The zero-order valence-electron chi connectivity index (χ0n) is 20.6. The van der Waals surface area contributed by atoms with Gasteiger partial charge in [-0.25, -0.2) is 9.98 Å². The fourth-order valence-electron chi connectivity index (χ4n) is 3.18. The Balaban J connectivity index is 1.48. The fourth-order valence-corrected chi connectivity index (χ4v) is 3.31. The van der Waals surface area contributed by atoms with Gasteiger partial charge in [-0.1, -0.05) is 42.5 Å². The van der Waals surface area contributed by atoms with E-state index in [0.29, 0.717) is 22.9 Å². The van der Waals surface area contributed by atoms with Crippen molar-refractivity contribution in [3.63, 3.8) is 0 Å². The zero-order valence-corrected chi connectivity index (χ0v) is 21.4. The third-order valence-electron chi connectivity index (χ3n) is 4.97. The molecule has 0 aliphatic heterocycles. The number of thiocarbonyl (C=S) groups is 1. The van der Waals surface area contributed by atoms with Crippen molar-refractivity contribution in [3.05, 3.63) is 89.5 Å². The van der Waals surface area contributed by atoms with E-state index >= 15 is 0 Å². The smallest absolute Gasteiger partial charge is 0.406 e. The highest BCUT2D eigenvalue weighted by molar-refractivity contribution is 7.80. The van der Waals surface area contributed by atoms with Crippen molar-refractivity contribution >= 4 is 47.1 Å². The van der Waals surface area contributed by atoms with Crippen LogP contribution < -0.4 is 26.1 Å². The van der Waals surface area contributed by atoms with E-state index in [0.717, 1.165) is 28.9 Å². The molecule has 8 nitrogen and oxygen atoms in total. The van der Waals surface area contributed by atoms with Crippen LogP contribution in [0.4, 0.5) is 24.5 Å². The summed E-state index contributed by atoms with van der Waals surface area (Å²) in [6.45, 7) is 0.560. The Labute approximate surface area is 223 Å². The summed E-state index contributed by atoms with van der Waals surface area (Å²) in [5, 5.41) is 7.68. The molecule has 0 amide bonds. The summed E-state index contributed by atoms with van der Waals surface area (Å²) in [6, 6.07) is 20.3. The van der Waals surface area contributed by atoms with Gasteiger partial charge in [-0.3, -0.25) is 5.43 Å². The van der Waals surface area contributed by atoms with Crippen LogP contribution >= 0.6 is 12.2 Å². The number of rotatable bonds is 9. The monoisotopic (exact) mass is 541 g/mol. The van der Waals surface area contributed by atoms with Gasteiger partial charge in [0.15, 0.2) is 5.11 Å². The van der Waals surface area contributed by atoms with Gasteiger partial charge in [-0.05, 0) is 53.7 Å². The summed E-state index contributed by atoms with van der Waals surface area (Å²) in [6.07, 6.45) is -1.91. The molecule has 4 N–H and O–H groups in total. The first kappa shape index (κ1) is 28.1. The van der Waals surface area contributed by atoms with E-state index < -0.39 is 6.36 Å². The molecule has 3 aromatic rings. The van der Waals surface area contributed by atoms with E-state index in [9.17, 15) is 13.2 Å². The number of nitrogens with two attached hydrogens (primary N) is 1. The fraction of sp³-hybridized carbons (Fsp3) is 0.154. The quantitative estimate of drug-likeness (QED) is 0.157. The maximum absolute atomic E-state index is 12.2. The molecule has 0 saturated heterocycles. The summed E-state index contributed by atoms with van der Waals surface area (Å²) in [5.41, 5.74) is 12.9. The molecular weight excluding hydrogens is 515 g/mol. The molecule has 0 spiro atoms. The third kappa shape index (κ3) is 9.21. The predicted octanol–water partition coefficient (Wildman–Crippen LogP) is 4.71. The lowest BCUT2D eigenvalue weighted by molar-refractivity contribution is -0.274. The van der Waals surface area contributed by atoms with Crippen molar-refractivity contribution in [2.75, 3.05) is 19.0 Å². The van der Waals surface area contributed by atoms with E-state index in [2.05, 4.69) is 30.6 Å². The second-order valence-corrected chi connectivity index (χ2v) is 8.41. The molecule has 0 fully saturated rings. The van der Waals surface area contributed by atoms with E-state index in [-0.39, 0.29) is 11.6 Å². The lowest BCUT2D eigenvalue weighted by Crippen LogP contribution is -2.32. The molecule has 198 valence electrons. The van der Waals surface area contributed by atoms with Gasteiger partial charge in [0, 0.05) is 31.9 Å². The van der Waals surface area contributed by atoms with Crippen LogP contribution in [0.2, 0.25) is 0 Å². The maximum Gasteiger partial charge on any atom is 0.573 e. The number of anilines is 1. The number of ether oxygens (including phenoxy) is 1. The molecule has 0 atom stereocenters. The van der Waals surface area contributed by atoms with Crippen molar-refractivity contribution in [2.24, 2.45) is 20.8 Å². The molecular formula is C26H26F3N7OS. The number of nitrogens with one attached hydrogen (secondary N) is 2. The van der Waals surface area contributed by atoms with Gasteiger partial charge >= 0.3 is 6.36 Å². The molecule has 38 heavy (non-hydrogen) atoms. The average molecular weight is 542 g/mol. The Hall–Kier alpha value is -4.45. The minimum absolute atomic E-state index is 0.218. The summed E-state index contributed by atoms with van der Waals surface area (Å²) < 4.78 is 40.5. The van der Waals surface area contributed by atoms with Gasteiger partial charge in [0.2, 0.25) is 0 Å². The van der Waals surface area contributed by atoms with E-state index in [1.807, 2.05) is 55.4 Å². The standard InChI is InChI=1S/C26H26F3N7OS/c1-36(2)23-6-4-3-5-20(23)16-31-25(38)35-34-15-18-7-9-19(10-8-18)24(30)33-17-32-21-11-13-22(14-12-21)37-26(27,28)29/h3-15,17H,16H2,1-2H3,(H2,30,32,33)(H2,31,35,38)/b34-15-. The molecule has 12 heteroatoms. The highest BCUT2D eigenvalue weighted by Gasteiger charge is 2.30. The average Bonchev–Trinajstić information content (AvgIpc) is 2.88. The van der Waals surface area contributed by atoms with Crippen LogP contribution in [0.5, 0.6) is 5.75 Å². The number of nitrogens with zero attached hydrogens (tertiary/aromatic N) is 4. The van der Waals surface area contributed by atoms with Gasteiger partial charge in [-0.15, -0.1) is 13.2 Å². The number of amidine groups is 1. The molecule has 0 unspecified atom stereocenters. The van der Waals surface area contributed by atoms with Crippen molar-refractivity contribution < 1.29 is 17.9 Å². The Morgan fingerprint density at radius 1 is 1.03 bits per heavy atom.